The Morgan fingerprint density at radius 1 is 0.565 bits per heavy atom. The fraction of sp³-hybridized carbons (Fsp3) is 0.156. The van der Waals surface area contributed by atoms with Crippen LogP contribution < -0.4 is 5.32 Å². The monoisotopic (exact) mass is 593 g/mol. The molecule has 2 aliphatic rings. The molecule has 0 radical (unpaired) electrons. The summed E-state index contributed by atoms with van der Waals surface area (Å²) in [5.41, 5.74) is 14.7. The van der Waals surface area contributed by atoms with Crippen LogP contribution in [0.15, 0.2) is 134 Å². The molecule has 46 heavy (non-hydrogen) atoms. The molecule has 0 unspecified atom stereocenters. The summed E-state index contributed by atoms with van der Waals surface area (Å²) in [5.74, 6) is 0. The van der Waals surface area contributed by atoms with Crippen molar-refractivity contribution in [2.24, 2.45) is 0 Å². The molecule has 1 aliphatic heterocycles. The topological polar surface area (TPSA) is 12.0 Å². The Balaban J connectivity index is 1.22. The predicted octanol–water partition coefficient (Wildman–Crippen LogP) is 11.6. The van der Waals surface area contributed by atoms with Crippen molar-refractivity contribution in [1.82, 2.24) is 5.32 Å². The van der Waals surface area contributed by atoms with Gasteiger partial charge in [0.2, 0.25) is 0 Å². The first kappa shape index (κ1) is 28.3. The number of hydrogen-bond donors (Lipinski definition) is 1. The quantitative estimate of drug-likeness (QED) is 0.201. The van der Waals surface area contributed by atoms with Gasteiger partial charge in [0, 0.05) is 6.54 Å². The molecule has 1 aliphatic carbocycles. The molecule has 6 aromatic carbocycles. The zero-order valence-electron chi connectivity index (χ0n) is 26.9. The highest BCUT2D eigenvalue weighted by Gasteiger charge is 2.20. The molecule has 1 heterocycles. The van der Waals surface area contributed by atoms with Crippen molar-refractivity contribution in [2.45, 2.75) is 39.0 Å². The molecule has 0 bridgehead atoms. The van der Waals surface area contributed by atoms with Crippen molar-refractivity contribution in [3.05, 3.63) is 161 Å². The van der Waals surface area contributed by atoms with Crippen LogP contribution in [0.5, 0.6) is 0 Å². The number of dihydropyridines is 1. The molecule has 6 aromatic rings. The van der Waals surface area contributed by atoms with E-state index in [2.05, 4.69) is 160 Å². The normalized spacial score (nSPS) is 14.5. The van der Waals surface area contributed by atoms with Crippen molar-refractivity contribution >= 4 is 38.8 Å². The van der Waals surface area contributed by atoms with E-state index in [-0.39, 0.29) is 5.41 Å². The van der Waals surface area contributed by atoms with E-state index < -0.39 is 0 Å². The lowest BCUT2D eigenvalue weighted by Crippen LogP contribution is -2.10. The van der Waals surface area contributed by atoms with Crippen molar-refractivity contribution in [1.29, 1.82) is 0 Å². The van der Waals surface area contributed by atoms with Crippen LogP contribution in [0.3, 0.4) is 0 Å². The van der Waals surface area contributed by atoms with Gasteiger partial charge in [-0.3, -0.25) is 0 Å². The van der Waals surface area contributed by atoms with E-state index in [0.29, 0.717) is 0 Å². The van der Waals surface area contributed by atoms with Gasteiger partial charge in [0.25, 0.3) is 0 Å². The Labute approximate surface area is 272 Å². The Morgan fingerprint density at radius 2 is 1.17 bits per heavy atom. The number of aryl methyl sites for hydroxylation is 1. The van der Waals surface area contributed by atoms with E-state index in [9.17, 15) is 0 Å². The second kappa shape index (κ2) is 11.3. The summed E-state index contributed by atoms with van der Waals surface area (Å²) in [6.07, 6.45) is 10.9. The zero-order chi connectivity index (χ0) is 31.3. The smallest absolute Gasteiger partial charge is 0.0334 e. The fourth-order valence-electron chi connectivity index (χ4n) is 7.31. The van der Waals surface area contributed by atoms with Gasteiger partial charge in [0.15, 0.2) is 0 Å². The van der Waals surface area contributed by atoms with Crippen LogP contribution in [0.25, 0.3) is 61.0 Å². The number of fused-ring (bicyclic) bond motifs is 3. The molecule has 1 N–H and O–H groups in total. The van der Waals surface area contributed by atoms with Crippen molar-refractivity contribution in [2.75, 3.05) is 6.54 Å². The molecule has 1 nitrogen and oxygen atoms in total. The zero-order valence-corrected chi connectivity index (χ0v) is 26.9. The van der Waals surface area contributed by atoms with Crippen molar-refractivity contribution < 1.29 is 0 Å². The highest BCUT2D eigenvalue weighted by atomic mass is 14.8. The van der Waals surface area contributed by atoms with Crippen LogP contribution in [-0.4, -0.2) is 6.54 Å². The third kappa shape index (κ3) is 5.07. The molecule has 1 heteroatoms. The third-order valence-electron chi connectivity index (χ3n) is 9.78. The maximum Gasteiger partial charge on any atom is 0.0334 e. The first-order valence-electron chi connectivity index (χ1n) is 16.5. The van der Waals surface area contributed by atoms with Crippen molar-refractivity contribution in [3.8, 4) is 22.3 Å². The third-order valence-corrected chi connectivity index (χ3v) is 9.78. The average Bonchev–Trinajstić information content (AvgIpc) is 3.10. The molecule has 0 aromatic heterocycles. The van der Waals surface area contributed by atoms with Gasteiger partial charge in [-0.25, -0.2) is 0 Å². The minimum absolute atomic E-state index is 0.0880. The summed E-state index contributed by atoms with van der Waals surface area (Å²) in [5, 5.41) is 8.47. The summed E-state index contributed by atoms with van der Waals surface area (Å²) < 4.78 is 0. The lowest BCUT2D eigenvalue weighted by atomic mass is 9.82. The molecule has 224 valence electrons. The van der Waals surface area contributed by atoms with Crippen LogP contribution in [0.1, 0.15) is 55.0 Å². The summed E-state index contributed by atoms with van der Waals surface area (Å²) >= 11 is 0. The molecular weight excluding hydrogens is 555 g/mol. The molecule has 0 saturated carbocycles. The van der Waals surface area contributed by atoms with Crippen LogP contribution >= 0.6 is 0 Å². The largest absolute Gasteiger partial charge is 0.387 e. The molecule has 0 amide bonds. The summed E-state index contributed by atoms with van der Waals surface area (Å²) in [6.45, 7) is 7.77. The highest BCUT2D eigenvalue weighted by Crippen LogP contribution is 2.45. The van der Waals surface area contributed by atoms with Gasteiger partial charge in [-0.05, 0) is 113 Å². The minimum atomic E-state index is 0.0880. The lowest BCUT2D eigenvalue weighted by molar-refractivity contribution is 0.590. The van der Waals surface area contributed by atoms with Gasteiger partial charge in [0.05, 0.1) is 0 Å². The average molecular weight is 594 g/mol. The first-order chi connectivity index (χ1) is 22.4. The lowest BCUT2D eigenvalue weighted by Gasteiger charge is -2.22. The summed E-state index contributed by atoms with van der Waals surface area (Å²) in [6, 6.07) is 43.4. The first-order valence-corrected chi connectivity index (χ1v) is 16.5. The van der Waals surface area contributed by atoms with E-state index in [4.69, 9.17) is 0 Å². The molecule has 0 saturated heterocycles. The number of rotatable bonds is 4. The highest BCUT2D eigenvalue weighted by molar-refractivity contribution is 6.21. The number of benzene rings is 6. The van der Waals surface area contributed by atoms with E-state index in [1.54, 1.807) is 0 Å². The number of nitrogens with one attached hydrogen (secondary N) is 1. The van der Waals surface area contributed by atoms with E-state index in [0.717, 1.165) is 19.4 Å². The van der Waals surface area contributed by atoms with Gasteiger partial charge >= 0.3 is 0 Å². The molecule has 0 spiro atoms. The van der Waals surface area contributed by atoms with E-state index >= 15 is 0 Å². The Kier molecular flexibility index (Phi) is 6.99. The molecule has 0 fully saturated rings. The molecule has 8 rings (SSSR count). The van der Waals surface area contributed by atoms with Gasteiger partial charge in [-0.15, -0.1) is 0 Å². The van der Waals surface area contributed by atoms with E-state index in [1.165, 1.54) is 82.8 Å². The maximum atomic E-state index is 3.24. The van der Waals surface area contributed by atoms with Gasteiger partial charge in [0.1, 0.15) is 0 Å². The van der Waals surface area contributed by atoms with E-state index in [1.807, 2.05) is 6.20 Å². The van der Waals surface area contributed by atoms with Crippen LogP contribution in [0.4, 0.5) is 0 Å². The van der Waals surface area contributed by atoms with Crippen LogP contribution in [0.2, 0.25) is 0 Å². The Bertz CT molecular complexity index is 2160. The molecular formula is C45H39N. The van der Waals surface area contributed by atoms with Crippen LogP contribution in [0, 0.1) is 0 Å². The Hall–Kier alpha value is -5.14. The SMILES string of the molecule is CC(C)(C)c1cccc(-c2c3ccccc3c(-c3ccc4c(c3)CCC(c3ccc(C5=CCNC=C5)cc3)=C4)c3ccccc23)c1. The minimum Gasteiger partial charge on any atom is -0.387 e. The summed E-state index contributed by atoms with van der Waals surface area (Å²) in [4.78, 5) is 0. The standard InChI is InChI=1S/C45H39N/c1-45(2,3)38-10-8-9-36(29-38)43-39-11-4-6-13-41(39)44(42-14-7-5-12-40(42)43)37-22-21-34-27-33(19-20-35(34)28-37)31-17-15-30(16-18-31)32-23-25-46-26-24-32/h4-18,21-25,27-29,46H,19-20,26H2,1-3H3. The van der Waals surface area contributed by atoms with Gasteiger partial charge < -0.3 is 5.32 Å². The second-order valence-electron chi connectivity index (χ2n) is 13.7. The second-order valence-corrected chi connectivity index (χ2v) is 13.7. The fourth-order valence-corrected chi connectivity index (χ4v) is 7.31. The van der Waals surface area contributed by atoms with Gasteiger partial charge in [-0.1, -0.05) is 148 Å². The maximum absolute atomic E-state index is 3.24. The summed E-state index contributed by atoms with van der Waals surface area (Å²) in [7, 11) is 0. The van der Waals surface area contributed by atoms with Crippen LogP contribution in [-0.2, 0) is 11.8 Å². The van der Waals surface area contributed by atoms with Crippen molar-refractivity contribution in [3.63, 3.8) is 0 Å². The number of hydrogen-bond acceptors (Lipinski definition) is 1. The Morgan fingerprint density at radius 3 is 1.78 bits per heavy atom. The molecule has 0 atom stereocenters. The predicted molar refractivity (Wildman–Crippen MR) is 199 cm³/mol. The number of allylic oxidation sites excluding steroid dienone is 3. The van der Waals surface area contributed by atoms with Gasteiger partial charge in [-0.2, -0.15) is 0 Å².